The molecule has 2 aromatic heterocycles. The molecule has 0 fully saturated rings. The Morgan fingerprint density at radius 2 is 1.91 bits per heavy atom. The van der Waals surface area contributed by atoms with Gasteiger partial charge >= 0.3 is 0 Å². The third-order valence-corrected chi connectivity index (χ3v) is 4.95. The topological polar surface area (TPSA) is 52.1 Å². The molecule has 4 nitrogen and oxygen atoms in total. The standard InChI is InChI=1S/C18H18N2O2S/c1-11(21)4-5-14-6-8-15(9-7-14)22-17-16-12(2)13(3)23-18(16)20-10-19-17/h6-10H,4-5H2,1-3H3. The van der Waals surface area contributed by atoms with Crippen molar-refractivity contribution in [1.82, 2.24) is 9.97 Å². The van der Waals surface area contributed by atoms with E-state index >= 15 is 0 Å². The molecule has 2 heterocycles. The fourth-order valence-electron chi connectivity index (χ4n) is 2.38. The van der Waals surface area contributed by atoms with Gasteiger partial charge in [0.2, 0.25) is 5.88 Å². The second-order valence-electron chi connectivity index (χ2n) is 5.59. The molecule has 0 N–H and O–H groups in total. The van der Waals surface area contributed by atoms with E-state index in [0.717, 1.165) is 28.0 Å². The van der Waals surface area contributed by atoms with Gasteiger partial charge in [-0.1, -0.05) is 12.1 Å². The number of fused-ring (bicyclic) bond motifs is 1. The Labute approximate surface area is 139 Å². The van der Waals surface area contributed by atoms with E-state index in [1.54, 1.807) is 18.3 Å². The van der Waals surface area contributed by atoms with Gasteiger partial charge in [-0.15, -0.1) is 11.3 Å². The zero-order chi connectivity index (χ0) is 16.4. The van der Waals surface area contributed by atoms with Crippen molar-refractivity contribution < 1.29 is 9.53 Å². The van der Waals surface area contributed by atoms with Gasteiger partial charge in [0.25, 0.3) is 0 Å². The van der Waals surface area contributed by atoms with Crippen LogP contribution in [0.3, 0.4) is 0 Å². The van der Waals surface area contributed by atoms with Gasteiger partial charge in [-0.3, -0.25) is 0 Å². The van der Waals surface area contributed by atoms with E-state index in [1.165, 1.54) is 16.8 Å². The van der Waals surface area contributed by atoms with Crippen LogP contribution in [-0.2, 0) is 11.2 Å². The summed E-state index contributed by atoms with van der Waals surface area (Å²) in [5.74, 6) is 1.53. The van der Waals surface area contributed by atoms with Gasteiger partial charge in [-0.2, -0.15) is 0 Å². The Bertz CT molecular complexity index is 853. The number of thiophene rings is 1. The zero-order valence-electron chi connectivity index (χ0n) is 13.4. The van der Waals surface area contributed by atoms with Crippen molar-refractivity contribution in [2.45, 2.75) is 33.6 Å². The Kier molecular flexibility index (Phi) is 4.39. The average Bonchev–Trinajstić information content (AvgIpc) is 2.82. The van der Waals surface area contributed by atoms with Crippen LogP contribution in [0.1, 0.15) is 29.3 Å². The van der Waals surface area contributed by atoms with E-state index in [4.69, 9.17) is 4.74 Å². The van der Waals surface area contributed by atoms with Crippen LogP contribution >= 0.6 is 11.3 Å². The van der Waals surface area contributed by atoms with Crippen molar-refractivity contribution in [2.75, 3.05) is 0 Å². The number of hydrogen-bond acceptors (Lipinski definition) is 5. The predicted molar refractivity (Wildman–Crippen MR) is 92.4 cm³/mol. The molecule has 1 aromatic carbocycles. The highest BCUT2D eigenvalue weighted by Crippen LogP contribution is 2.35. The molecule has 5 heteroatoms. The Hall–Kier alpha value is -2.27. The van der Waals surface area contributed by atoms with E-state index in [1.807, 2.05) is 24.3 Å². The molecular formula is C18H18N2O2S. The highest BCUT2D eigenvalue weighted by Gasteiger charge is 2.13. The first-order chi connectivity index (χ1) is 11.0. The Balaban J connectivity index is 1.83. The number of rotatable bonds is 5. The van der Waals surface area contributed by atoms with Crippen LogP contribution in [0.4, 0.5) is 0 Å². The van der Waals surface area contributed by atoms with Crippen LogP contribution in [-0.4, -0.2) is 15.8 Å². The molecule has 0 saturated heterocycles. The summed E-state index contributed by atoms with van der Waals surface area (Å²) in [6, 6.07) is 7.81. The molecule has 3 rings (SSSR count). The zero-order valence-corrected chi connectivity index (χ0v) is 14.2. The van der Waals surface area contributed by atoms with Crippen molar-refractivity contribution in [3.05, 3.63) is 46.6 Å². The number of hydrogen-bond donors (Lipinski definition) is 0. The number of benzene rings is 1. The van der Waals surface area contributed by atoms with E-state index in [2.05, 4.69) is 23.8 Å². The molecule has 0 amide bonds. The summed E-state index contributed by atoms with van der Waals surface area (Å²) >= 11 is 1.65. The molecule has 0 bridgehead atoms. The molecule has 23 heavy (non-hydrogen) atoms. The summed E-state index contributed by atoms with van der Waals surface area (Å²) in [6.07, 6.45) is 2.87. The first kappa shape index (κ1) is 15.6. The maximum atomic E-state index is 11.0. The van der Waals surface area contributed by atoms with E-state index in [9.17, 15) is 4.79 Å². The van der Waals surface area contributed by atoms with E-state index < -0.39 is 0 Å². The molecule has 0 atom stereocenters. The minimum atomic E-state index is 0.206. The lowest BCUT2D eigenvalue weighted by Crippen LogP contribution is -1.94. The number of nitrogens with zero attached hydrogens (tertiary/aromatic N) is 2. The molecule has 0 radical (unpaired) electrons. The number of aryl methyl sites for hydroxylation is 3. The first-order valence-electron chi connectivity index (χ1n) is 7.51. The summed E-state index contributed by atoms with van der Waals surface area (Å²) in [5.41, 5.74) is 2.29. The monoisotopic (exact) mass is 326 g/mol. The van der Waals surface area contributed by atoms with Crippen molar-refractivity contribution in [1.29, 1.82) is 0 Å². The molecular weight excluding hydrogens is 308 g/mol. The van der Waals surface area contributed by atoms with Crippen LogP contribution in [0.15, 0.2) is 30.6 Å². The predicted octanol–water partition coefficient (Wildman–Crippen LogP) is 4.62. The minimum Gasteiger partial charge on any atom is -0.438 e. The van der Waals surface area contributed by atoms with Crippen LogP contribution < -0.4 is 4.74 Å². The third kappa shape index (κ3) is 3.40. The molecule has 118 valence electrons. The maximum absolute atomic E-state index is 11.0. The Morgan fingerprint density at radius 1 is 1.17 bits per heavy atom. The summed E-state index contributed by atoms with van der Waals surface area (Å²) in [4.78, 5) is 21.8. The fourth-order valence-corrected chi connectivity index (χ4v) is 3.37. The van der Waals surface area contributed by atoms with Gasteiger partial charge in [0, 0.05) is 11.3 Å². The van der Waals surface area contributed by atoms with Crippen LogP contribution in [0.5, 0.6) is 11.6 Å². The molecule has 0 aliphatic heterocycles. The number of aromatic nitrogens is 2. The SMILES string of the molecule is CC(=O)CCc1ccc(Oc2ncnc3sc(C)c(C)c23)cc1. The fraction of sp³-hybridized carbons (Fsp3) is 0.278. The van der Waals surface area contributed by atoms with E-state index in [0.29, 0.717) is 12.3 Å². The van der Waals surface area contributed by atoms with Crippen molar-refractivity contribution in [3.63, 3.8) is 0 Å². The van der Waals surface area contributed by atoms with Gasteiger partial charge in [-0.25, -0.2) is 9.97 Å². The number of carbonyl (C=O) groups is 1. The lowest BCUT2D eigenvalue weighted by atomic mass is 10.1. The second-order valence-corrected chi connectivity index (χ2v) is 6.79. The molecule has 0 spiro atoms. The highest BCUT2D eigenvalue weighted by molar-refractivity contribution is 7.18. The van der Waals surface area contributed by atoms with Gasteiger partial charge in [0.05, 0.1) is 5.39 Å². The van der Waals surface area contributed by atoms with Crippen molar-refractivity contribution in [2.24, 2.45) is 0 Å². The minimum absolute atomic E-state index is 0.206. The third-order valence-electron chi connectivity index (χ3n) is 3.83. The smallest absolute Gasteiger partial charge is 0.231 e. The van der Waals surface area contributed by atoms with Crippen LogP contribution in [0, 0.1) is 13.8 Å². The molecule has 0 saturated carbocycles. The molecule has 0 unspecified atom stereocenters. The summed E-state index contributed by atoms with van der Waals surface area (Å²) < 4.78 is 5.96. The van der Waals surface area contributed by atoms with Crippen LogP contribution in [0.25, 0.3) is 10.2 Å². The summed E-state index contributed by atoms with van der Waals surface area (Å²) in [6.45, 7) is 5.76. The number of Topliss-reactive ketones (excluding diaryl/α,β-unsaturated/α-hetero) is 1. The quantitative estimate of drug-likeness (QED) is 0.686. The van der Waals surface area contributed by atoms with Crippen molar-refractivity contribution >= 4 is 27.3 Å². The average molecular weight is 326 g/mol. The van der Waals surface area contributed by atoms with Gasteiger partial charge in [0.15, 0.2) is 0 Å². The van der Waals surface area contributed by atoms with Crippen molar-refractivity contribution in [3.8, 4) is 11.6 Å². The number of ether oxygens (including phenoxy) is 1. The maximum Gasteiger partial charge on any atom is 0.231 e. The Morgan fingerprint density at radius 3 is 2.61 bits per heavy atom. The van der Waals surface area contributed by atoms with E-state index in [-0.39, 0.29) is 5.78 Å². The highest BCUT2D eigenvalue weighted by atomic mass is 32.1. The first-order valence-corrected chi connectivity index (χ1v) is 8.33. The normalized spacial score (nSPS) is 10.9. The van der Waals surface area contributed by atoms with Gasteiger partial charge in [-0.05, 0) is 50.5 Å². The van der Waals surface area contributed by atoms with Gasteiger partial charge < -0.3 is 9.53 Å². The lowest BCUT2D eigenvalue weighted by molar-refractivity contribution is -0.116. The number of carbonyl (C=O) groups excluding carboxylic acids is 1. The largest absolute Gasteiger partial charge is 0.438 e. The molecule has 0 aliphatic carbocycles. The molecule has 3 aromatic rings. The van der Waals surface area contributed by atoms with Crippen LogP contribution in [0.2, 0.25) is 0 Å². The summed E-state index contributed by atoms with van der Waals surface area (Å²) in [5, 5.41) is 0.982. The summed E-state index contributed by atoms with van der Waals surface area (Å²) in [7, 11) is 0. The second kappa shape index (κ2) is 6.46. The number of ketones is 1. The lowest BCUT2D eigenvalue weighted by Gasteiger charge is -2.07. The molecule has 0 aliphatic rings. The van der Waals surface area contributed by atoms with Gasteiger partial charge in [0.1, 0.15) is 22.7 Å².